The fourth-order valence-corrected chi connectivity index (χ4v) is 4.66. The van der Waals surface area contributed by atoms with E-state index in [0.717, 1.165) is 5.69 Å². The summed E-state index contributed by atoms with van der Waals surface area (Å²) < 4.78 is 9.92. The molecule has 182 valence electrons. The number of aromatic nitrogens is 6. The predicted molar refractivity (Wildman–Crippen MR) is 135 cm³/mol. The molecule has 11 heteroatoms. The van der Waals surface area contributed by atoms with Crippen LogP contribution in [0.25, 0.3) is 11.4 Å². The van der Waals surface area contributed by atoms with Gasteiger partial charge in [-0.15, -0.1) is 5.10 Å². The smallest absolute Gasteiger partial charge is 0.297 e. The van der Waals surface area contributed by atoms with Crippen molar-refractivity contribution in [3.8, 4) is 17.1 Å². The van der Waals surface area contributed by atoms with Gasteiger partial charge < -0.3 is 10.1 Å². The van der Waals surface area contributed by atoms with E-state index in [-0.39, 0.29) is 17.4 Å². The van der Waals surface area contributed by atoms with E-state index in [1.807, 2.05) is 58.2 Å². The Labute approximate surface area is 206 Å². The molecule has 2 heterocycles. The molecule has 4 rings (SSSR count). The predicted octanol–water partition coefficient (Wildman–Crippen LogP) is 3.22. The van der Waals surface area contributed by atoms with Crippen LogP contribution in [0.5, 0.6) is 5.75 Å². The van der Waals surface area contributed by atoms with E-state index in [2.05, 4.69) is 20.8 Å². The van der Waals surface area contributed by atoms with Crippen molar-refractivity contribution in [2.75, 3.05) is 12.4 Å². The van der Waals surface area contributed by atoms with Crippen LogP contribution in [0.2, 0.25) is 0 Å². The molecule has 2 aromatic carbocycles. The number of benzene rings is 2. The molecule has 0 radical (unpaired) electrons. The number of hydrogen-bond donors (Lipinski definition) is 1. The summed E-state index contributed by atoms with van der Waals surface area (Å²) in [5.41, 5.74) is 2.16. The van der Waals surface area contributed by atoms with E-state index in [4.69, 9.17) is 4.74 Å². The molecule has 0 bridgehead atoms. The molecule has 1 atom stereocenters. The van der Waals surface area contributed by atoms with E-state index >= 15 is 0 Å². The summed E-state index contributed by atoms with van der Waals surface area (Å²) in [6.07, 6.45) is 0. The highest BCUT2D eigenvalue weighted by Gasteiger charge is 2.29. The van der Waals surface area contributed by atoms with Crippen LogP contribution >= 0.6 is 11.8 Å². The summed E-state index contributed by atoms with van der Waals surface area (Å²) in [6, 6.07) is 16.5. The lowest BCUT2D eigenvalue weighted by molar-refractivity contribution is -0.116. The van der Waals surface area contributed by atoms with E-state index in [0.29, 0.717) is 28.0 Å². The Morgan fingerprint density at radius 3 is 2.40 bits per heavy atom. The van der Waals surface area contributed by atoms with Crippen molar-refractivity contribution in [3.63, 3.8) is 0 Å². The first kappa shape index (κ1) is 24.3. The molecule has 0 saturated heterocycles. The number of para-hydroxylation sites is 1. The fourth-order valence-electron chi connectivity index (χ4n) is 3.68. The second-order valence-corrected chi connectivity index (χ2v) is 9.39. The van der Waals surface area contributed by atoms with Crippen LogP contribution in [0, 0.1) is 12.8 Å². The number of thioether (sulfide) groups is 1. The first-order chi connectivity index (χ1) is 16.8. The molecule has 0 aliphatic heterocycles. The lowest BCUT2D eigenvalue weighted by Crippen LogP contribution is -2.30. The molecule has 0 saturated carbocycles. The first-order valence-electron chi connectivity index (χ1n) is 11.1. The van der Waals surface area contributed by atoms with Gasteiger partial charge >= 0.3 is 0 Å². The van der Waals surface area contributed by atoms with Crippen molar-refractivity contribution in [1.29, 1.82) is 0 Å². The van der Waals surface area contributed by atoms with Gasteiger partial charge in [0.2, 0.25) is 11.1 Å². The minimum Gasteiger partial charge on any atom is -0.497 e. The van der Waals surface area contributed by atoms with Crippen LogP contribution < -0.4 is 15.6 Å². The summed E-state index contributed by atoms with van der Waals surface area (Å²) in [4.78, 5) is 26.6. The number of amides is 1. The Morgan fingerprint density at radius 1 is 1.09 bits per heavy atom. The monoisotopic (exact) mass is 493 g/mol. The molecule has 0 fully saturated rings. The second-order valence-electron chi connectivity index (χ2n) is 8.28. The number of nitrogens with zero attached hydrogens (tertiary/aromatic N) is 6. The standard InChI is InChI=1S/C24H27N7O3S/c1-15(2)21(22(32)25-17-11-13-19(34-5)14-12-17)35-24-26-27-28-30(24)20-16(3)29(4)31(23(20)33)18-9-7-6-8-10-18/h6-15,21H,1-5H3,(H,25,32). The van der Waals surface area contributed by atoms with E-state index in [1.54, 1.807) is 40.7 Å². The zero-order chi connectivity index (χ0) is 25.1. The molecular weight excluding hydrogens is 466 g/mol. The van der Waals surface area contributed by atoms with E-state index in [9.17, 15) is 9.59 Å². The lowest BCUT2D eigenvalue weighted by Gasteiger charge is -2.19. The Kier molecular flexibility index (Phi) is 7.06. The van der Waals surface area contributed by atoms with Gasteiger partial charge in [-0.05, 0) is 59.7 Å². The summed E-state index contributed by atoms with van der Waals surface area (Å²) in [5.74, 6) is 0.494. The van der Waals surface area contributed by atoms with Crippen molar-refractivity contribution in [3.05, 3.63) is 70.6 Å². The summed E-state index contributed by atoms with van der Waals surface area (Å²) in [7, 11) is 3.40. The summed E-state index contributed by atoms with van der Waals surface area (Å²) >= 11 is 1.22. The number of carbonyl (C=O) groups is 1. The van der Waals surface area contributed by atoms with Crippen LogP contribution in [0.1, 0.15) is 19.5 Å². The fraction of sp³-hybridized carbons (Fsp3) is 0.292. The number of anilines is 1. The average molecular weight is 494 g/mol. The number of carbonyl (C=O) groups excluding carboxylic acids is 1. The molecule has 4 aromatic rings. The summed E-state index contributed by atoms with van der Waals surface area (Å²) in [5, 5.41) is 14.8. The van der Waals surface area contributed by atoms with Crippen molar-refractivity contribution < 1.29 is 9.53 Å². The van der Waals surface area contributed by atoms with Gasteiger partial charge in [-0.1, -0.05) is 43.8 Å². The van der Waals surface area contributed by atoms with Gasteiger partial charge in [0.25, 0.3) is 5.56 Å². The largest absolute Gasteiger partial charge is 0.497 e. The van der Waals surface area contributed by atoms with Crippen molar-refractivity contribution in [1.82, 2.24) is 29.6 Å². The number of methoxy groups -OCH3 is 1. The number of nitrogens with one attached hydrogen (secondary N) is 1. The SMILES string of the molecule is COc1ccc(NC(=O)C(Sc2nnnn2-c2c(C)n(C)n(-c3ccccc3)c2=O)C(C)C)cc1. The number of rotatable bonds is 8. The van der Waals surface area contributed by atoms with Gasteiger partial charge in [0, 0.05) is 12.7 Å². The number of ether oxygens (including phenoxy) is 1. The van der Waals surface area contributed by atoms with Crippen molar-refractivity contribution in [2.45, 2.75) is 31.2 Å². The third-order valence-corrected chi connectivity index (χ3v) is 7.11. The Bertz CT molecular complexity index is 1370. The van der Waals surface area contributed by atoms with Gasteiger partial charge in [-0.3, -0.25) is 14.3 Å². The van der Waals surface area contributed by atoms with Gasteiger partial charge in [0.05, 0.1) is 23.7 Å². The Hall–Kier alpha value is -3.86. The molecule has 0 aliphatic rings. The second kappa shape index (κ2) is 10.2. The highest BCUT2D eigenvalue weighted by Crippen LogP contribution is 2.29. The van der Waals surface area contributed by atoms with Crippen LogP contribution in [0.3, 0.4) is 0 Å². The normalized spacial score (nSPS) is 12.1. The first-order valence-corrected chi connectivity index (χ1v) is 11.9. The topological polar surface area (TPSA) is 109 Å². The van der Waals surface area contributed by atoms with Gasteiger partial charge in [-0.2, -0.15) is 4.68 Å². The highest BCUT2D eigenvalue weighted by atomic mass is 32.2. The Morgan fingerprint density at radius 2 is 1.77 bits per heavy atom. The molecule has 10 nitrogen and oxygen atoms in total. The van der Waals surface area contributed by atoms with Gasteiger partial charge in [-0.25, -0.2) is 4.68 Å². The number of hydrogen-bond acceptors (Lipinski definition) is 7. The molecule has 0 spiro atoms. The van der Waals surface area contributed by atoms with Crippen molar-refractivity contribution in [2.24, 2.45) is 13.0 Å². The molecule has 0 aliphatic carbocycles. The molecule has 35 heavy (non-hydrogen) atoms. The molecule has 1 amide bonds. The lowest BCUT2D eigenvalue weighted by atomic mass is 10.1. The molecular formula is C24H27N7O3S. The molecule has 2 aromatic heterocycles. The maximum Gasteiger partial charge on any atom is 0.297 e. The zero-order valence-electron chi connectivity index (χ0n) is 20.2. The molecule has 1 N–H and O–H groups in total. The van der Waals surface area contributed by atoms with Gasteiger partial charge in [0.15, 0.2) is 5.69 Å². The average Bonchev–Trinajstić information content (AvgIpc) is 3.39. The van der Waals surface area contributed by atoms with Crippen LogP contribution in [-0.4, -0.2) is 47.8 Å². The minimum absolute atomic E-state index is 0.0266. The van der Waals surface area contributed by atoms with Crippen LogP contribution in [0.15, 0.2) is 64.5 Å². The highest BCUT2D eigenvalue weighted by molar-refractivity contribution is 8.00. The molecule has 1 unspecified atom stereocenters. The third-order valence-electron chi connectivity index (χ3n) is 5.63. The van der Waals surface area contributed by atoms with Crippen molar-refractivity contribution >= 4 is 23.4 Å². The van der Waals surface area contributed by atoms with Crippen LogP contribution in [0.4, 0.5) is 5.69 Å². The zero-order valence-corrected chi connectivity index (χ0v) is 21.0. The maximum atomic E-state index is 13.4. The quantitative estimate of drug-likeness (QED) is 0.375. The van der Waals surface area contributed by atoms with E-state index < -0.39 is 5.25 Å². The number of tetrazole rings is 1. The van der Waals surface area contributed by atoms with E-state index in [1.165, 1.54) is 16.4 Å². The van der Waals surface area contributed by atoms with Crippen LogP contribution in [-0.2, 0) is 11.8 Å². The Balaban J connectivity index is 1.64. The minimum atomic E-state index is -0.498. The summed E-state index contributed by atoms with van der Waals surface area (Å²) in [6.45, 7) is 5.74. The van der Waals surface area contributed by atoms with Gasteiger partial charge in [0.1, 0.15) is 5.75 Å². The third kappa shape index (κ3) is 4.85. The maximum absolute atomic E-state index is 13.4.